The van der Waals surface area contributed by atoms with Crippen molar-refractivity contribution in [3.8, 4) is 0 Å². The summed E-state index contributed by atoms with van der Waals surface area (Å²) in [5.41, 5.74) is 6.40. The third-order valence-corrected chi connectivity index (χ3v) is 3.35. The average Bonchev–Trinajstić information content (AvgIpc) is 2.27. The zero-order valence-electron chi connectivity index (χ0n) is 10.4. The van der Waals surface area contributed by atoms with E-state index in [2.05, 4.69) is 12.2 Å². The molecule has 4 heteroatoms. The molecule has 1 amide bonds. The number of rotatable bonds is 6. The molecule has 0 radical (unpaired) electrons. The predicted octanol–water partition coefficient (Wildman–Crippen LogP) is 2.67. The van der Waals surface area contributed by atoms with Gasteiger partial charge in [0.25, 0.3) is 0 Å². The molecular formula is C13H20N2OS. The van der Waals surface area contributed by atoms with Crippen molar-refractivity contribution in [1.82, 2.24) is 5.32 Å². The van der Waals surface area contributed by atoms with E-state index in [4.69, 9.17) is 5.73 Å². The van der Waals surface area contributed by atoms with Crippen LogP contribution < -0.4 is 11.1 Å². The molecule has 0 aliphatic heterocycles. The lowest BCUT2D eigenvalue weighted by molar-refractivity contribution is -0.119. The number of amides is 1. The van der Waals surface area contributed by atoms with Crippen LogP contribution in [0.15, 0.2) is 29.2 Å². The molecular weight excluding hydrogens is 232 g/mol. The van der Waals surface area contributed by atoms with Gasteiger partial charge in [0.1, 0.15) is 0 Å². The Hall–Kier alpha value is -1.16. The summed E-state index contributed by atoms with van der Waals surface area (Å²) in [6, 6.07) is 7.84. The molecule has 0 saturated heterocycles. The summed E-state index contributed by atoms with van der Waals surface area (Å²) < 4.78 is 0. The highest BCUT2D eigenvalue weighted by Crippen LogP contribution is 2.19. The summed E-state index contributed by atoms with van der Waals surface area (Å²) >= 11 is 1.51. The lowest BCUT2D eigenvalue weighted by Crippen LogP contribution is -2.33. The number of thioether (sulfide) groups is 1. The number of benzene rings is 1. The Labute approximate surface area is 107 Å². The maximum atomic E-state index is 11.6. The van der Waals surface area contributed by atoms with Crippen LogP contribution in [0.25, 0.3) is 0 Å². The molecule has 3 N–H and O–H groups in total. The summed E-state index contributed by atoms with van der Waals surface area (Å²) in [6.45, 7) is 4.15. The molecule has 0 bridgehead atoms. The molecule has 0 spiro atoms. The number of nitrogens with two attached hydrogens (primary N) is 1. The van der Waals surface area contributed by atoms with Crippen molar-refractivity contribution in [3.63, 3.8) is 0 Å². The van der Waals surface area contributed by atoms with E-state index in [1.54, 1.807) is 0 Å². The van der Waals surface area contributed by atoms with Crippen molar-refractivity contribution in [2.75, 3.05) is 11.5 Å². The van der Waals surface area contributed by atoms with Gasteiger partial charge in [0.2, 0.25) is 5.91 Å². The lowest BCUT2D eigenvalue weighted by atomic mass is 10.2. The van der Waals surface area contributed by atoms with Crippen LogP contribution in [-0.4, -0.2) is 17.7 Å². The van der Waals surface area contributed by atoms with Crippen molar-refractivity contribution in [2.24, 2.45) is 0 Å². The van der Waals surface area contributed by atoms with Crippen LogP contribution >= 0.6 is 11.8 Å². The van der Waals surface area contributed by atoms with Crippen LogP contribution in [-0.2, 0) is 4.79 Å². The first kappa shape index (κ1) is 13.9. The van der Waals surface area contributed by atoms with Gasteiger partial charge in [-0.3, -0.25) is 4.79 Å². The first-order valence-electron chi connectivity index (χ1n) is 5.89. The Balaban J connectivity index is 2.33. The number of hydrogen-bond acceptors (Lipinski definition) is 3. The van der Waals surface area contributed by atoms with Gasteiger partial charge in [0, 0.05) is 16.6 Å². The van der Waals surface area contributed by atoms with Crippen molar-refractivity contribution in [1.29, 1.82) is 0 Å². The maximum Gasteiger partial charge on any atom is 0.230 e. The van der Waals surface area contributed by atoms with Gasteiger partial charge in [-0.1, -0.05) is 19.4 Å². The number of carbonyl (C=O) groups excluding carboxylic acids is 1. The number of nitrogens with one attached hydrogen (secondary N) is 1. The second-order valence-corrected chi connectivity index (χ2v) is 5.17. The third-order valence-electron chi connectivity index (χ3n) is 2.36. The smallest absolute Gasteiger partial charge is 0.230 e. The Morgan fingerprint density at radius 2 is 2.29 bits per heavy atom. The summed E-state index contributed by atoms with van der Waals surface area (Å²) in [4.78, 5) is 12.7. The average molecular weight is 252 g/mol. The molecule has 1 aromatic carbocycles. The lowest BCUT2D eigenvalue weighted by Gasteiger charge is -2.12. The van der Waals surface area contributed by atoms with Gasteiger partial charge in [0.15, 0.2) is 0 Å². The van der Waals surface area contributed by atoms with Crippen LogP contribution in [0.1, 0.15) is 26.7 Å². The fraction of sp³-hybridized carbons (Fsp3) is 0.462. The quantitative estimate of drug-likeness (QED) is 0.604. The fourth-order valence-corrected chi connectivity index (χ4v) is 2.35. The molecule has 0 aliphatic rings. The topological polar surface area (TPSA) is 55.1 Å². The third kappa shape index (κ3) is 5.63. The van der Waals surface area contributed by atoms with E-state index in [0.717, 1.165) is 23.4 Å². The minimum absolute atomic E-state index is 0.0818. The number of hydrogen-bond donors (Lipinski definition) is 2. The predicted molar refractivity (Wildman–Crippen MR) is 74.1 cm³/mol. The molecule has 3 nitrogen and oxygen atoms in total. The van der Waals surface area contributed by atoms with E-state index < -0.39 is 0 Å². The van der Waals surface area contributed by atoms with Crippen LogP contribution in [0.4, 0.5) is 5.69 Å². The molecule has 0 saturated carbocycles. The van der Waals surface area contributed by atoms with Gasteiger partial charge in [-0.15, -0.1) is 11.8 Å². The van der Waals surface area contributed by atoms with Gasteiger partial charge in [-0.25, -0.2) is 0 Å². The zero-order chi connectivity index (χ0) is 12.7. The van der Waals surface area contributed by atoms with Crippen molar-refractivity contribution >= 4 is 23.4 Å². The summed E-state index contributed by atoms with van der Waals surface area (Å²) in [5.74, 6) is 0.524. The number of anilines is 1. The first-order chi connectivity index (χ1) is 8.11. The summed E-state index contributed by atoms with van der Waals surface area (Å²) in [7, 11) is 0. The Bertz CT molecular complexity index is 368. The van der Waals surface area contributed by atoms with Crippen molar-refractivity contribution in [2.45, 2.75) is 37.6 Å². The Morgan fingerprint density at radius 3 is 2.94 bits per heavy atom. The van der Waals surface area contributed by atoms with Gasteiger partial charge in [-0.2, -0.15) is 0 Å². The highest BCUT2D eigenvalue weighted by molar-refractivity contribution is 8.00. The number of carbonyl (C=O) groups is 1. The van der Waals surface area contributed by atoms with Crippen LogP contribution in [0.2, 0.25) is 0 Å². The molecule has 0 aliphatic carbocycles. The first-order valence-corrected chi connectivity index (χ1v) is 6.88. The van der Waals surface area contributed by atoms with E-state index in [9.17, 15) is 4.79 Å². The van der Waals surface area contributed by atoms with Crippen LogP contribution in [0.5, 0.6) is 0 Å². The van der Waals surface area contributed by atoms with E-state index in [1.165, 1.54) is 11.8 Å². The SMILES string of the molecule is CCCC(C)NC(=O)CSc1cccc(N)c1. The second-order valence-electron chi connectivity index (χ2n) is 4.12. The van der Waals surface area contributed by atoms with E-state index in [-0.39, 0.29) is 11.9 Å². The van der Waals surface area contributed by atoms with Crippen molar-refractivity contribution < 1.29 is 4.79 Å². The molecule has 0 aromatic heterocycles. The van der Waals surface area contributed by atoms with Gasteiger partial charge < -0.3 is 11.1 Å². The largest absolute Gasteiger partial charge is 0.399 e. The normalized spacial score (nSPS) is 12.1. The van der Waals surface area contributed by atoms with Crippen LogP contribution in [0.3, 0.4) is 0 Å². The standard InChI is InChI=1S/C13H20N2OS/c1-3-5-10(2)15-13(16)9-17-12-7-4-6-11(14)8-12/h4,6-8,10H,3,5,9,14H2,1-2H3,(H,15,16). The molecule has 0 heterocycles. The molecule has 94 valence electrons. The van der Waals surface area contributed by atoms with Crippen LogP contribution in [0, 0.1) is 0 Å². The highest BCUT2D eigenvalue weighted by atomic mass is 32.2. The summed E-state index contributed by atoms with van der Waals surface area (Å²) in [5, 5.41) is 2.97. The molecule has 1 atom stereocenters. The monoisotopic (exact) mass is 252 g/mol. The molecule has 1 unspecified atom stereocenters. The van der Waals surface area contributed by atoms with Gasteiger partial charge >= 0.3 is 0 Å². The molecule has 1 rings (SSSR count). The second kappa shape index (κ2) is 7.22. The Kier molecular flexibility index (Phi) is 5.91. The van der Waals surface area contributed by atoms with E-state index >= 15 is 0 Å². The maximum absolute atomic E-state index is 11.6. The minimum Gasteiger partial charge on any atom is -0.399 e. The van der Waals surface area contributed by atoms with Gasteiger partial charge in [0.05, 0.1) is 5.75 Å². The minimum atomic E-state index is 0.0818. The van der Waals surface area contributed by atoms with E-state index in [0.29, 0.717) is 5.75 Å². The molecule has 0 fully saturated rings. The fourth-order valence-electron chi connectivity index (χ4n) is 1.57. The highest BCUT2D eigenvalue weighted by Gasteiger charge is 2.06. The summed E-state index contributed by atoms with van der Waals surface area (Å²) in [6.07, 6.45) is 2.11. The van der Waals surface area contributed by atoms with Crippen molar-refractivity contribution in [3.05, 3.63) is 24.3 Å². The Morgan fingerprint density at radius 1 is 1.53 bits per heavy atom. The molecule has 1 aromatic rings. The molecule has 17 heavy (non-hydrogen) atoms. The van der Waals surface area contributed by atoms with Gasteiger partial charge in [-0.05, 0) is 31.5 Å². The zero-order valence-corrected chi connectivity index (χ0v) is 11.2. The number of nitrogen functional groups attached to an aromatic ring is 1. The van der Waals surface area contributed by atoms with E-state index in [1.807, 2.05) is 31.2 Å².